The molecular formula is C20H23IN2O3S. The third kappa shape index (κ3) is 4.05. The van der Waals surface area contributed by atoms with Gasteiger partial charge in [0.15, 0.2) is 0 Å². The van der Waals surface area contributed by atoms with Crippen LogP contribution >= 0.6 is 22.6 Å². The van der Waals surface area contributed by atoms with Crippen LogP contribution in [0, 0.1) is 24.3 Å². The Morgan fingerprint density at radius 2 is 1.78 bits per heavy atom. The van der Waals surface area contributed by atoms with E-state index in [2.05, 4.69) is 27.9 Å². The van der Waals surface area contributed by atoms with E-state index in [1.807, 2.05) is 57.2 Å². The third-order valence-corrected chi connectivity index (χ3v) is 7.96. The number of nitrogens with zero attached hydrogens (tertiary/aromatic N) is 1. The Kier molecular flexibility index (Phi) is 5.93. The first-order chi connectivity index (χ1) is 12.7. The summed E-state index contributed by atoms with van der Waals surface area (Å²) in [7, 11) is -3.74. The number of amides is 1. The monoisotopic (exact) mass is 498 g/mol. The molecule has 0 aromatic heterocycles. The van der Waals surface area contributed by atoms with Gasteiger partial charge in [-0.25, -0.2) is 8.42 Å². The summed E-state index contributed by atoms with van der Waals surface area (Å²) in [6, 6.07) is 10.5. The maximum atomic E-state index is 13.4. The van der Waals surface area contributed by atoms with Gasteiger partial charge in [-0.1, -0.05) is 29.8 Å². The summed E-state index contributed by atoms with van der Waals surface area (Å²) in [5.74, 6) is -0.275. The second kappa shape index (κ2) is 7.89. The molecule has 1 amide bonds. The highest BCUT2D eigenvalue weighted by molar-refractivity contribution is 14.1. The van der Waals surface area contributed by atoms with Gasteiger partial charge in [-0.15, -0.1) is 0 Å². The number of hydrogen-bond acceptors (Lipinski definition) is 3. The van der Waals surface area contributed by atoms with Crippen LogP contribution in [-0.4, -0.2) is 31.2 Å². The fraction of sp³-hybridized carbons (Fsp3) is 0.350. The summed E-state index contributed by atoms with van der Waals surface area (Å²) in [6.45, 7) is 5.93. The minimum atomic E-state index is -3.74. The van der Waals surface area contributed by atoms with Crippen molar-refractivity contribution in [1.29, 1.82) is 0 Å². The van der Waals surface area contributed by atoms with Crippen LogP contribution in [0.4, 0.5) is 5.69 Å². The summed E-state index contributed by atoms with van der Waals surface area (Å²) >= 11 is 2.15. The van der Waals surface area contributed by atoms with Gasteiger partial charge >= 0.3 is 0 Å². The number of sulfonamides is 1. The highest BCUT2D eigenvalue weighted by atomic mass is 127. The largest absolute Gasteiger partial charge is 0.324 e. The number of nitrogens with one attached hydrogen (secondary N) is 1. The molecule has 27 heavy (non-hydrogen) atoms. The Morgan fingerprint density at radius 3 is 2.41 bits per heavy atom. The molecule has 0 saturated carbocycles. The number of halogens is 1. The van der Waals surface area contributed by atoms with Crippen molar-refractivity contribution in [1.82, 2.24) is 4.31 Å². The van der Waals surface area contributed by atoms with Gasteiger partial charge in [0.05, 0.1) is 10.6 Å². The third-order valence-electron chi connectivity index (χ3n) is 4.81. The molecule has 1 unspecified atom stereocenters. The van der Waals surface area contributed by atoms with E-state index in [9.17, 15) is 13.2 Å². The Labute approximate surface area is 174 Å². The number of hydrogen-bond donors (Lipinski definition) is 1. The summed E-state index contributed by atoms with van der Waals surface area (Å²) < 4.78 is 29.0. The van der Waals surface area contributed by atoms with Gasteiger partial charge in [-0.05, 0) is 79.5 Å². The zero-order chi connectivity index (χ0) is 19.8. The Balaban J connectivity index is 1.92. The molecule has 1 heterocycles. The summed E-state index contributed by atoms with van der Waals surface area (Å²) in [5.41, 5.74) is 3.17. The SMILES string of the molecule is Cc1cc(C)c(S(=O)(=O)N2CCCC2C(=O)Nc2ccccc2I)c(C)c1. The molecule has 1 aliphatic heterocycles. The lowest BCUT2D eigenvalue weighted by atomic mass is 10.1. The van der Waals surface area contributed by atoms with E-state index >= 15 is 0 Å². The minimum absolute atomic E-state index is 0.275. The van der Waals surface area contributed by atoms with E-state index in [1.54, 1.807) is 0 Å². The van der Waals surface area contributed by atoms with Gasteiger partial charge in [0.25, 0.3) is 0 Å². The molecule has 3 rings (SSSR count). The van der Waals surface area contributed by atoms with Crippen LogP contribution in [0.5, 0.6) is 0 Å². The quantitative estimate of drug-likeness (QED) is 0.649. The van der Waals surface area contributed by atoms with E-state index in [0.717, 1.165) is 20.3 Å². The summed E-state index contributed by atoms with van der Waals surface area (Å²) in [5, 5.41) is 2.89. The number of rotatable bonds is 4. The molecule has 0 bridgehead atoms. The van der Waals surface area contributed by atoms with E-state index in [-0.39, 0.29) is 5.91 Å². The number of anilines is 1. The molecule has 1 N–H and O–H groups in total. The lowest BCUT2D eigenvalue weighted by Gasteiger charge is -2.25. The second-order valence-electron chi connectivity index (χ2n) is 6.97. The molecule has 1 atom stereocenters. The zero-order valence-electron chi connectivity index (χ0n) is 15.6. The van der Waals surface area contributed by atoms with Crippen LogP contribution in [0.3, 0.4) is 0 Å². The maximum absolute atomic E-state index is 13.4. The van der Waals surface area contributed by atoms with E-state index in [4.69, 9.17) is 0 Å². The molecule has 1 fully saturated rings. The van der Waals surface area contributed by atoms with Crippen molar-refractivity contribution in [2.24, 2.45) is 0 Å². The Hall–Kier alpha value is -1.45. The highest BCUT2D eigenvalue weighted by Crippen LogP contribution is 2.31. The van der Waals surface area contributed by atoms with Crippen molar-refractivity contribution in [2.75, 3.05) is 11.9 Å². The molecule has 5 nitrogen and oxygen atoms in total. The van der Waals surface area contributed by atoms with Crippen LogP contribution in [0.25, 0.3) is 0 Å². The highest BCUT2D eigenvalue weighted by Gasteiger charge is 2.40. The Morgan fingerprint density at radius 1 is 1.15 bits per heavy atom. The molecular weight excluding hydrogens is 475 g/mol. The molecule has 7 heteroatoms. The van der Waals surface area contributed by atoms with Gasteiger partial charge in [-0.3, -0.25) is 4.79 Å². The van der Waals surface area contributed by atoms with Crippen molar-refractivity contribution >= 4 is 44.2 Å². The average Bonchev–Trinajstić information content (AvgIpc) is 3.06. The number of aryl methyl sites for hydroxylation is 3. The minimum Gasteiger partial charge on any atom is -0.324 e. The summed E-state index contributed by atoms with van der Waals surface area (Å²) in [4.78, 5) is 13.2. The second-order valence-corrected chi connectivity index (χ2v) is 9.96. The van der Waals surface area contributed by atoms with Gasteiger partial charge in [0.2, 0.25) is 15.9 Å². The molecule has 1 aliphatic rings. The molecule has 1 saturated heterocycles. The van der Waals surface area contributed by atoms with Gasteiger partial charge in [0.1, 0.15) is 6.04 Å². The predicted octanol–water partition coefficient (Wildman–Crippen LogP) is 4.01. The molecule has 0 radical (unpaired) electrons. The lowest BCUT2D eigenvalue weighted by Crippen LogP contribution is -2.43. The van der Waals surface area contributed by atoms with Crippen molar-refractivity contribution in [3.05, 3.63) is 56.7 Å². The van der Waals surface area contributed by atoms with Crippen LogP contribution in [-0.2, 0) is 14.8 Å². The predicted molar refractivity (Wildman–Crippen MR) is 115 cm³/mol. The first kappa shape index (κ1) is 20.3. The smallest absolute Gasteiger partial charge is 0.244 e. The summed E-state index contributed by atoms with van der Waals surface area (Å²) in [6.07, 6.45) is 1.20. The van der Waals surface area contributed by atoms with Crippen LogP contribution < -0.4 is 5.32 Å². The number of para-hydroxylation sites is 1. The van der Waals surface area contributed by atoms with E-state index < -0.39 is 16.1 Å². The van der Waals surface area contributed by atoms with Crippen molar-refractivity contribution in [3.8, 4) is 0 Å². The zero-order valence-corrected chi connectivity index (χ0v) is 18.6. The molecule has 2 aromatic rings. The number of carbonyl (C=O) groups is 1. The maximum Gasteiger partial charge on any atom is 0.244 e. The standard InChI is InChI=1S/C20H23IN2O3S/c1-13-11-14(2)19(15(3)12-13)27(25,26)23-10-6-9-18(23)20(24)22-17-8-5-4-7-16(17)21/h4-5,7-8,11-12,18H,6,9-10H2,1-3H3,(H,22,24). The van der Waals surface area contributed by atoms with Crippen molar-refractivity contribution in [2.45, 2.75) is 44.6 Å². The average molecular weight is 498 g/mol. The fourth-order valence-corrected chi connectivity index (χ4v) is 6.35. The van der Waals surface area contributed by atoms with Crippen LogP contribution in [0.15, 0.2) is 41.3 Å². The molecule has 0 aliphatic carbocycles. The lowest BCUT2D eigenvalue weighted by molar-refractivity contribution is -0.119. The van der Waals surface area contributed by atoms with Crippen molar-refractivity contribution in [3.63, 3.8) is 0 Å². The number of benzene rings is 2. The van der Waals surface area contributed by atoms with Crippen LogP contribution in [0.2, 0.25) is 0 Å². The fourth-order valence-electron chi connectivity index (χ4n) is 3.76. The van der Waals surface area contributed by atoms with E-state index in [0.29, 0.717) is 30.0 Å². The molecule has 144 valence electrons. The van der Waals surface area contributed by atoms with Crippen LogP contribution in [0.1, 0.15) is 29.5 Å². The van der Waals surface area contributed by atoms with Gasteiger partial charge in [0, 0.05) is 10.1 Å². The van der Waals surface area contributed by atoms with Gasteiger partial charge in [-0.2, -0.15) is 4.31 Å². The normalized spacial score (nSPS) is 17.9. The first-order valence-corrected chi connectivity index (χ1v) is 11.4. The Bertz CT molecular complexity index is 965. The molecule has 0 spiro atoms. The topological polar surface area (TPSA) is 66.5 Å². The first-order valence-electron chi connectivity index (χ1n) is 8.87. The van der Waals surface area contributed by atoms with E-state index in [1.165, 1.54) is 4.31 Å². The van der Waals surface area contributed by atoms with Crippen molar-refractivity contribution < 1.29 is 13.2 Å². The number of carbonyl (C=O) groups excluding carboxylic acids is 1. The van der Waals surface area contributed by atoms with Gasteiger partial charge < -0.3 is 5.32 Å². The molecule has 2 aromatic carbocycles.